The zero-order chi connectivity index (χ0) is 11.5. The van der Waals surface area contributed by atoms with E-state index in [1.807, 2.05) is 0 Å². The number of rotatable bonds is 3. The van der Waals surface area contributed by atoms with Gasteiger partial charge in [-0.25, -0.2) is 4.98 Å². The topological polar surface area (TPSA) is 43.8 Å². The Morgan fingerprint density at radius 2 is 2.06 bits per heavy atom. The Morgan fingerprint density at radius 1 is 1.38 bits per heavy atom. The Kier molecular flexibility index (Phi) is 4.03. The van der Waals surface area contributed by atoms with Crippen molar-refractivity contribution in [3.8, 4) is 0 Å². The molecule has 16 heavy (non-hydrogen) atoms. The Bertz CT molecular complexity index is 353. The van der Waals surface area contributed by atoms with E-state index < -0.39 is 0 Å². The van der Waals surface area contributed by atoms with Gasteiger partial charge in [0.15, 0.2) is 0 Å². The maximum Gasteiger partial charge on any atom is 0.127 e. The van der Waals surface area contributed by atoms with E-state index in [1.165, 1.54) is 43.6 Å². The molecule has 3 nitrogen and oxygen atoms in total. The molecule has 2 N–H and O–H groups in total. The van der Waals surface area contributed by atoms with Gasteiger partial charge in [-0.3, -0.25) is 0 Å². The van der Waals surface area contributed by atoms with Gasteiger partial charge in [0.25, 0.3) is 0 Å². The van der Waals surface area contributed by atoms with Crippen molar-refractivity contribution in [1.82, 2.24) is 9.55 Å². The molecule has 0 saturated heterocycles. The molecule has 0 unspecified atom stereocenters. The predicted octanol–water partition coefficient (Wildman–Crippen LogP) is 2.73. The minimum atomic E-state index is 0.654. The van der Waals surface area contributed by atoms with E-state index in [-0.39, 0.29) is 0 Å². The van der Waals surface area contributed by atoms with Crippen LogP contribution in [0.25, 0.3) is 0 Å². The Morgan fingerprint density at radius 3 is 2.69 bits per heavy atom. The lowest BCUT2D eigenvalue weighted by Crippen LogP contribution is -2.13. The van der Waals surface area contributed by atoms with Gasteiger partial charge in [0.1, 0.15) is 10.4 Å². The molecule has 0 amide bonds. The van der Waals surface area contributed by atoms with E-state index in [2.05, 4.69) is 32.5 Å². The molecule has 0 aromatic carbocycles. The first-order valence-electron chi connectivity index (χ1n) is 6.15. The summed E-state index contributed by atoms with van der Waals surface area (Å²) < 4.78 is 3.23. The molecule has 4 heteroatoms. The lowest BCUT2D eigenvalue weighted by atomic mass is 9.89. The fourth-order valence-electron chi connectivity index (χ4n) is 2.65. The summed E-state index contributed by atoms with van der Waals surface area (Å²) in [5.41, 5.74) is 6.86. The van der Waals surface area contributed by atoms with Crippen LogP contribution >= 0.6 is 15.9 Å². The molecular weight excluding hydrogens is 266 g/mol. The molecule has 1 heterocycles. The summed E-state index contributed by atoms with van der Waals surface area (Å²) in [6.07, 6.45) is 7.57. The van der Waals surface area contributed by atoms with Crippen LogP contribution in [-0.2, 0) is 13.5 Å². The summed E-state index contributed by atoms with van der Waals surface area (Å²) >= 11 is 3.55. The summed E-state index contributed by atoms with van der Waals surface area (Å²) in [4.78, 5) is 4.68. The monoisotopic (exact) mass is 285 g/mol. The highest BCUT2D eigenvalue weighted by molar-refractivity contribution is 9.10. The number of nitrogens with two attached hydrogens (primary N) is 1. The molecule has 0 atom stereocenters. The summed E-state index contributed by atoms with van der Waals surface area (Å²) in [5, 5.41) is 0. The fraction of sp³-hybridized carbons (Fsp3) is 0.750. The standard InChI is InChI=1S/C12H20BrN3/c1-16-10(7-8-14)11(13)15-12(16)9-5-3-2-4-6-9/h9H,2-8,14H2,1H3. The van der Waals surface area contributed by atoms with Crippen molar-refractivity contribution in [2.75, 3.05) is 6.54 Å². The highest BCUT2D eigenvalue weighted by Crippen LogP contribution is 2.33. The van der Waals surface area contributed by atoms with Crippen LogP contribution in [0.15, 0.2) is 4.60 Å². The maximum atomic E-state index is 5.62. The van der Waals surface area contributed by atoms with Gasteiger partial charge in [-0.05, 0) is 35.3 Å². The maximum absolute atomic E-state index is 5.62. The summed E-state index contributed by atoms with van der Waals surface area (Å²) in [6, 6.07) is 0. The molecule has 1 aromatic heterocycles. The number of hydrogen-bond donors (Lipinski definition) is 1. The summed E-state index contributed by atoms with van der Waals surface area (Å²) in [5.74, 6) is 1.90. The SMILES string of the molecule is Cn1c(C2CCCCC2)nc(Br)c1CCN. The van der Waals surface area contributed by atoms with Gasteiger partial charge < -0.3 is 10.3 Å². The number of imidazole rings is 1. The van der Waals surface area contributed by atoms with E-state index >= 15 is 0 Å². The van der Waals surface area contributed by atoms with Crippen LogP contribution < -0.4 is 5.73 Å². The van der Waals surface area contributed by atoms with E-state index in [9.17, 15) is 0 Å². The predicted molar refractivity (Wildman–Crippen MR) is 69.5 cm³/mol. The van der Waals surface area contributed by atoms with Gasteiger partial charge in [0, 0.05) is 19.4 Å². The molecule has 1 fully saturated rings. The first kappa shape index (κ1) is 12.1. The normalized spacial score (nSPS) is 17.9. The third-order valence-electron chi connectivity index (χ3n) is 3.55. The van der Waals surface area contributed by atoms with Gasteiger partial charge in [0.05, 0.1) is 5.69 Å². The Labute approximate surface area is 106 Å². The molecule has 2 rings (SSSR count). The van der Waals surface area contributed by atoms with Crippen molar-refractivity contribution in [2.24, 2.45) is 12.8 Å². The van der Waals surface area contributed by atoms with E-state index in [4.69, 9.17) is 5.73 Å². The zero-order valence-corrected chi connectivity index (χ0v) is 11.5. The summed E-state index contributed by atoms with van der Waals surface area (Å²) in [6.45, 7) is 0.683. The number of halogens is 1. The molecular formula is C12H20BrN3. The molecule has 1 aliphatic rings. The van der Waals surface area contributed by atoms with E-state index in [0.29, 0.717) is 12.5 Å². The van der Waals surface area contributed by atoms with Crippen molar-refractivity contribution in [1.29, 1.82) is 0 Å². The van der Waals surface area contributed by atoms with Gasteiger partial charge in [-0.15, -0.1) is 0 Å². The highest BCUT2D eigenvalue weighted by atomic mass is 79.9. The largest absolute Gasteiger partial charge is 0.334 e. The third kappa shape index (κ3) is 2.33. The van der Waals surface area contributed by atoms with Crippen LogP contribution in [-0.4, -0.2) is 16.1 Å². The van der Waals surface area contributed by atoms with Gasteiger partial charge in [0.2, 0.25) is 0 Å². The Balaban J connectivity index is 2.23. The first-order chi connectivity index (χ1) is 7.74. The lowest BCUT2D eigenvalue weighted by molar-refractivity contribution is 0.420. The second-order valence-electron chi connectivity index (χ2n) is 4.64. The average molecular weight is 286 g/mol. The van der Waals surface area contributed by atoms with Crippen LogP contribution in [0, 0.1) is 0 Å². The lowest BCUT2D eigenvalue weighted by Gasteiger charge is -2.21. The minimum Gasteiger partial charge on any atom is -0.334 e. The molecule has 0 aliphatic heterocycles. The number of hydrogen-bond acceptors (Lipinski definition) is 2. The fourth-order valence-corrected chi connectivity index (χ4v) is 3.30. The molecule has 0 radical (unpaired) electrons. The number of nitrogens with zero attached hydrogens (tertiary/aromatic N) is 2. The van der Waals surface area contributed by atoms with Crippen molar-refractivity contribution in [3.05, 3.63) is 16.1 Å². The zero-order valence-electron chi connectivity index (χ0n) is 9.88. The highest BCUT2D eigenvalue weighted by Gasteiger charge is 2.22. The van der Waals surface area contributed by atoms with Crippen LogP contribution in [0.3, 0.4) is 0 Å². The second-order valence-corrected chi connectivity index (χ2v) is 5.39. The quantitative estimate of drug-likeness (QED) is 0.928. The minimum absolute atomic E-state index is 0.654. The molecule has 0 bridgehead atoms. The van der Waals surface area contributed by atoms with Crippen molar-refractivity contribution < 1.29 is 0 Å². The van der Waals surface area contributed by atoms with E-state index in [0.717, 1.165) is 11.0 Å². The molecule has 1 aromatic rings. The van der Waals surface area contributed by atoms with Gasteiger partial charge >= 0.3 is 0 Å². The van der Waals surface area contributed by atoms with Gasteiger partial charge in [-0.1, -0.05) is 19.3 Å². The molecule has 0 spiro atoms. The van der Waals surface area contributed by atoms with Crippen molar-refractivity contribution in [3.63, 3.8) is 0 Å². The average Bonchev–Trinajstić information content (AvgIpc) is 2.59. The van der Waals surface area contributed by atoms with Crippen LogP contribution in [0.5, 0.6) is 0 Å². The van der Waals surface area contributed by atoms with E-state index in [1.54, 1.807) is 0 Å². The van der Waals surface area contributed by atoms with Crippen LogP contribution in [0.2, 0.25) is 0 Å². The molecule has 1 saturated carbocycles. The number of aromatic nitrogens is 2. The van der Waals surface area contributed by atoms with Crippen LogP contribution in [0.1, 0.15) is 49.5 Å². The molecule has 1 aliphatic carbocycles. The van der Waals surface area contributed by atoms with Crippen molar-refractivity contribution in [2.45, 2.75) is 44.4 Å². The van der Waals surface area contributed by atoms with Crippen LogP contribution in [0.4, 0.5) is 0 Å². The smallest absolute Gasteiger partial charge is 0.127 e. The Hall–Kier alpha value is -0.350. The first-order valence-corrected chi connectivity index (χ1v) is 6.94. The van der Waals surface area contributed by atoms with Crippen molar-refractivity contribution >= 4 is 15.9 Å². The van der Waals surface area contributed by atoms with Gasteiger partial charge in [-0.2, -0.15) is 0 Å². The second kappa shape index (κ2) is 5.32. The molecule has 90 valence electrons. The third-order valence-corrected chi connectivity index (χ3v) is 4.19. The summed E-state index contributed by atoms with van der Waals surface area (Å²) in [7, 11) is 2.12.